The number of nitrogens with zero attached hydrogens (tertiary/aromatic N) is 3. The Balaban J connectivity index is 1.91. The van der Waals surface area contributed by atoms with E-state index in [-0.39, 0.29) is 6.10 Å². The number of hydrogen-bond donors (Lipinski definition) is 1. The van der Waals surface area contributed by atoms with Crippen molar-refractivity contribution in [3.05, 3.63) is 36.8 Å². The van der Waals surface area contributed by atoms with Crippen LogP contribution in [-0.2, 0) is 13.6 Å². The number of rotatable bonds is 4. The van der Waals surface area contributed by atoms with Crippen LogP contribution in [0.3, 0.4) is 0 Å². The fraction of sp³-hybridized carbons (Fsp3) is 0.455. The van der Waals surface area contributed by atoms with Crippen LogP contribution in [0.2, 0.25) is 0 Å². The summed E-state index contributed by atoms with van der Waals surface area (Å²) in [5, 5.41) is 7.38. The summed E-state index contributed by atoms with van der Waals surface area (Å²) in [4.78, 5) is 0. The molecule has 2 aromatic heterocycles. The monoisotopic (exact) mass is 298 g/mol. The summed E-state index contributed by atoms with van der Waals surface area (Å²) in [7, 11) is -3.39. The van der Waals surface area contributed by atoms with Crippen LogP contribution in [0.25, 0.3) is 0 Å². The molecule has 0 amide bonds. The van der Waals surface area contributed by atoms with Gasteiger partial charge in [-0.3, -0.25) is 4.57 Å². The Kier molecular flexibility index (Phi) is 3.60. The molecule has 8 nitrogen and oxygen atoms in total. The molecule has 1 saturated heterocycles. The van der Waals surface area contributed by atoms with Gasteiger partial charge in [0.25, 0.3) is 0 Å². The van der Waals surface area contributed by atoms with E-state index in [0.717, 1.165) is 0 Å². The predicted molar refractivity (Wildman–Crippen MR) is 69.6 cm³/mol. The van der Waals surface area contributed by atoms with Gasteiger partial charge in [-0.1, -0.05) is 0 Å². The van der Waals surface area contributed by atoms with Crippen LogP contribution in [0.5, 0.6) is 0 Å². The van der Waals surface area contributed by atoms with Crippen molar-refractivity contribution in [1.29, 1.82) is 0 Å². The van der Waals surface area contributed by atoms with Crippen LogP contribution in [0.4, 0.5) is 0 Å². The lowest BCUT2D eigenvalue weighted by Gasteiger charge is -2.32. The van der Waals surface area contributed by atoms with Gasteiger partial charge in [0, 0.05) is 0 Å². The van der Waals surface area contributed by atoms with Gasteiger partial charge in [0.1, 0.15) is 18.4 Å². The van der Waals surface area contributed by atoms with Crippen molar-refractivity contribution in [2.75, 3.05) is 12.0 Å². The Hall–Kier alpha value is -1.63. The molecule has 20 heavy (non-hydrogen) atoms. The Morgan fingerprint density at radius 3 is 2.95 bits per heavy atom. The summed E-state index contributed by atoms with van der Waals surface area (Å²) in [6, 6.07) is 3.43. The summed E-state index contributed by atoms with van der Waals surface area (Å²) in [6.07, 6.45) is 5.00. The predicted octanol–water partition coefficient (Wildman–Crippen LogP) is 2.13. The Bertz CT molecular complexity index is 586. The van der Waals surface area contributed by atoms with Crippen LogP contribution in [0.1, 0.15) is 24.9 Å². The largest absolute Gasteiger partial charge is 0.466 e. The van der Waals surface area contributed by atoms with E-state index < -0.39 is 13.4 Å². The molecule has 1 aliphatic rings. The average molecular weight is 298 g/mol. The first-order chi connectivity index (χ1) is 9.67. The van der Waals surface area contributed by atoms with E-state index in [9.17, 15) is 4.57 Å². The summed E-state index contributed by atoms with van der Waals surface area (Å²) in [5.74, 6) is -0.285. The molecule has 1 fully saturated rings. The molecular formula is C11H15N4O4P. The summed E-state index contributed by atoms with van der Waals surface area (Å²) >= 11 is 0. The number of nitrogens with one attached hydrogen (secondary N) is 1. The van der Waals surface area contributed by atoms with Gasteiger partial charge in [-0.25, -0.2) is 4.68 Å². The lowest BCUT2D eigenvalue weighted by Crippen LogP contribution is -2.26. The zero-order valence-electron chi connectivity index (χ0n) is 10.9. The van der Waals surface area contributed by atoms with Crippen molar-refractivity contribution in [3.8, 4) is 0 Å². The molecular weight excluding hydrogens is 283 g/mol. The Morgan fingerprint density at radius 2 is 2.30 bits per heavy atom. The second-order valence-electron chi connectivity index (χ2n) is 4.49. The highest BCUT2D eigenvalue weighted by molar-refractivity contribution is 7.54. The second-order valence-corrected chi connectivity index (χ2v) is 6.56. The van der Waals surface area contributed by atoms with Crippen molar-refractivity contribution in [3.63, 3.8) is 0 Å². The summed E-state index contributed by atoms with van der Waals surface area (Å²) in [5.41, 5.74) is 2.98. The number of furan rings is 1. The van der Waals surface area contributed by atoms with Crippen LogP contribution < -0.4 is 5.43 Å². The molecule has 3 atom stereocenters. The molecule has 9 heteroatoms. The molecule has 0 saturated carbocycles. The number of aromatic nitrogens is 3. The molecule has 1 N–H and O–H groups in total. The van der Waals surface area contributed by atoms with Crippen molar-refractivity contribution in [1.82, 2.24) is 14.9 Å². The highest BCUT2D eigenvalue weighted by atomic mass is 31.2. The normalized spacial score (nSPS) is 28.1. The maximum Gasteiger partial charge on any atom is 0.362 e. The standard InChI is InChI=1S/C11H15N4O4P/c1-9-4-6-18-20(16,19-9)11(10-3-2-5-17-10)14-15-7-12-13-8-15/h2-3,5,7-9,11,14H,4,6H2,1H3/t9-,11-,20-/m0/s1. The highest BCUT2D eigenvalue weighted by Crippen LogP contribution is 2.62. The molecule has 0 aromatic carbocycles. The van der Waals surface area contributed by atoms with Gasteiger partial charge in [-0.15, -0.1) is 10.2 Å². The third-order valence-electron chi connectivity index (χ3n) is 2.94. The van der Waals surface area contributed by atoms with Crippen molar-refractivity contribution >= 4 is 7.60 Å². The lowest BCUT2D eigenvalue weighted by molar-refractivity contribution is 0.0870. The fourth-order valence-electron chi connectivity index (χ4n) is 1.96. The maximum absolute atomic E-state index is 12.9. The van der Waals surface area contributed by atoms with E-state index in [1.54, 1.807) is 12.1 Å². The third kappa shape index (κ3) is 2.63. The van der Waals surface area contributed by atoms with Gasteiger partial charge in [0.15, 0.2) is 0 Å². The third-order valence-corrected chi connectivity index (χ3v) is 5.14. The van der Waals surface area contributed by atoms with Crippen molar-refractivity contribution in [2.45, 2.75) is 25.2 Å². The van der Waals surface area contributed by atoms with E-state index in [2.05, 4.69) is 15.6 Å². The molecule has 2 aromatic rings. The van der Waals surface area contributed by atoms with E-state index in [0.29, 0.717) is 18.8 Å². The Labute approximate surface area is 115 Å². The molecule has 3 rings (SSSR count). The fourth-order valence-corrected chi connectivity index (χ4v) is 3.99. The highest BCUT2D eigenvalue weighted by Gasteiger charge is 2.43. The smallest absolute Gasteiger partial charge is 0.362 e. The topological polar surface area (TPSA) is 91.4 Å². The van der Waals surface area contributed by atoms with Gasteiger partial charge in [-0.05, 0) is 25.5 Å². The van der Waals surface area contributed by atoms with Crippen LogP contribution in [-0.4, -0.2) is 27.6 Å². The van der Waals surface area contributed by atoms with E-state index in [4.69, 9.17) is 13.5 Å². The molecule has 0 unspecified atom stereocenters. The van der Waals surface area contributed by atoms with Crippen LogP contribution in [0, 0.1) is 0 Å². The van der Waals surface area contributed by atoms with Gasteiger partial charge < -0.3 is 18.9 Å². The quantitative estimate of drug-likeness (QED) is 0.864. The first-order valence-corrected chi connectivity index (χ1v) is 7.86. The first-order valence-electron chi connectivity index (χ1n) is 6.24. The van der Waals surface area contributed by atoms with E-state index >= 15 is 0 Å². The zero-order chi connectivity index (χ0) is 14.0. The number of hydrogen-bond acceptors (Lipinski definition) is 7. The van der Waals surface area contributed by atoms with E-state index in [1.165, 1.54) is 23.6 Å². The average Bonchev–Trinajstić information content (AvgIpc) is 3.09. The zero-order valence-corrected chi connectivity index (χ0v) is 11.8. The SMILES string of the molecule is C[C@H]1CCO[P@@](=O)([C@H](Nn2cnnc2)c2ccco2)O1. The molecule has 0 spiro atoms. The summed E-state index contributed by atoms with van der Waals surface area (Å²) < 4.78 is 30.8. The first kappa shape index (κ1) is 13.4. The van der Waals surface area contributed by atoms with Crippen LogP contribution >= 0.6 is 7.60 Å². The lowest BCUT2D eigenvalue weighted by atomic mass is 10.3. The minimum absolute atomic E-state index is 0.130. The summed E-state index contributed by atoms with van der Waals surface area (Å²) in [6.45, 7) is 2.26. The molecule has 3 heterocycles. The van der Waals surface area contributed by atoms with Gasteiger partial charge in [0.05, 0.1) is 19.0 Å². The van der Waals surface area contributed by atoms with Gasteiger partial charge >= 0.3 is 7.60 Å². The Morgan fingerprint density at radius 1 is 1.50 bits per heavy atom. The van der Waals surface area contributed by atoms with Crippen molar-refractivity contribution < 1.29 is 18.0 Å². The van der Waals surface area contributed by atoms with E-state index in [1.807, 2.05) is 6.92 Å². The van der Waals surface area contributed by atoms with Crippen LogP contribution in [0.15, 0.2) is 35.5 Å². The molecule has 108 valence electrons. The molecule has 0 radical (unpaired) electrons. The maximum atomic E-state index is 12.9. The minimum Gasteiger partial charge on any atom is -0.466 e. The molecule has 0 bridgehead atoms. The molecule has 0 aliphatic carbocycles. The van der Waals surface area contributed by atoms with Crippen molar-refractivity contribution in [2.24, 2.45) is 0 Å². The van der Waals surface area contributed by atoms with Gasteiger partial charge in [-0.2, -0.15) is 0 Å². The van der Waals surface area contributed by atoms with Gasteiger partial charge in [0.2, 0.25) is 5.78 Å². The minimum atomic E-state index is -3.39. The molecule has 1 aliphatic heterocycles. The second kappa shape index (κ2) is 5.40.